The summed E-state index contributed by atoms with van der Waals surface area (Å²) in [5.41, 5.74) is 6.43. The zero-order valence-electron chi connectivity index (χ0n) is 14.7. The molecule has 9 heteroatoms. The summed E-state index contributed by atoms with van der Waals surface area (Å²) >= 11 is 0. The Bertz CT molecular complexity index is 817. The number of hydrogen-bond acceptors (Lipinski definition) is 6. The molecule has 2 aromatic rings. The van der Waals surface area contributed by atoms with Gasteiger partial charge in [-0.2, -0.15) is 0 Å². The van der Waals surface area contributed by atoms with Crippen molar-refractivity contribution in [3.8, 4) is 0 Å². The molecule has 3 heterocycles. The van der Waals surface area contributed by atoms with Crippen LogP contribution in [0.1, 0.15) is 15.9 Å². The summed E-state index contributed by atoms with van der Waals surface area (Å²) in [6.45, 7) is 2.21. The van der Waals surface area contributed by atoms with Crippen LogP contribution in [0.5, 0.6) is 0 Å². The second-order valence-electron chi connectivity index (χ2n) is 6.09. The molecule has 1 aliphatic rings. The van der Waals surface area contributed by atoms with E-state index in [1.54, 1.807) is 36.7 Å². The Kier molecular flexibility index (Phi) is 5.60. The van der Waals surface area contributed by atoms with Gasteiger partial charge in [0.1, 0.15) is 5.82 Å². The van der Waals surface area contributed by atoms with E-state index in [2.05, 4.69) is 15.3 Å². The summed E-state index contributed by atoms with van der Waals surface area (Å²) in [5, 5.41) is 2.63. The van der Waals surface area contributed by atoms with Gasteiger partial charge in [-0.1, -0.05) is 0 Å². The molecule has 9 nitrogen and oxygen atoms in total. The van der Waals surface area contributed by atoms with Gasteiger partial charge in [-0.05, 0) is 29.8 Å². The first kappa shape index (κ1) is 18.3. The van der Waals surface area contributed by atoms with E-state index in [-0.39, 0.29) is 6.54 Å². The zero-order valence-corrected chi connectivity index (χ0v) is 14.7. The molecule has 0 aromatic carbocycles. The lowest BCUT2D eigenvalue weighted by atomic mass is 10.2. The minimum atomic E-state index is -0.621. The van der Waals surface area contributed by atoms with Gasteiger partial charge in [-0.3, -0.25) is 19.4 Å². The van der Waals surface area contributed by atoms with Crippen LogP contribution in [0.15, 0.2) is 42.9 Å². The molecule has 2 aromatic heterocycles. The smallest absolute Gasteiger partial charge is 0.312 e. The number of primary amides is 1. The number of piperazine rings is 1. The van der Waals surface area contributed by atoms with Crippen molar-refractivity contribution in [1.82, 2.24) is 20.2 Å². The van der Waals surface area contributed by atoms with Crippen LogP contribution in [0.25, 0.3) is 0 Å². The number of rotatable bonds is 4. The summed E-state index contributed by atoms with van der Waals surface area (Å²) in [6.07, 6.45) is 4.70. The monoisotopic (exact) mass is 368 g/mol. The summed E-state index contributed by atoms with van der Waals surface area (Å²) < 4.78 is 0. The van der Waals surface area contributed by atoms with E-state index in [1.165, 1.54) is 11.1 Å². The van der Waals surface area contributed by atoms with Crippen LogP contribution in [0, 0.1) is 0 Å². The zero-order chi connectivity index (χ0) is 19.2. The summed E-state index contributed by atoms with van der Waals surface area (Å²) in [6, 6.07) is 6.90. The summed E-state index contributed by atoms with van der Waals surface area (Å²) in [7, 11) is 0. The van der Waals surface area contributed by atoms with Crippen molar-refractivity contribution in [3.05, 3.63) is 54.0 Å². The van der Waals surface area contributed by atoms with Crippen molar-refractivity contribution in [1.29, 1.82) is 0 Å². The maximum atomic E-state index is 12.3. The molecule has 1 saturated heterocycles. The molecule has 1 aliphatic heterocycles. The second kappa shape index (κ2) is 8.26. The van der Waals surface area contributed by atoms with Crippen molar-refractivity contribution in [2.24, 2.45) is 5.73 Å². The summed E-state index contributed by atoms with van der Waals surface area (Å²) in [5.74, 6) is -0.985. The number of hydrogen-bond donors (Lipinski definition) is 2. The van der Waals surface area contributed by atoms with Crippen molar-refractivity contribution in [2.45, 2.75) is 6.54 Å². The molecule has 0 spiro atoms. The van der Waals surface area contributed by atoms with Gasteiger partial charge in [0.15, 0.2) is 0 Å². The molecule has 1 fully saturated rings. The number of nitrogens with one attached hydrogen (secondary N) is 1. The van der Waals surface area contributed by atoms with Gasteiger partial charge in [0.25, 0.3) is 0 Å². The Balaban J connectivity index is 1.49. The maximum absolute atomic E-state index is 12.3. The Morgan fingerprint density at radius 1 is 1.04 bits per heavy atom. The largest absolute Gasteiger partial charge is 0.366 e. The topological polar surface area (TPSA) is 122 Å². The quantitative estimate of drug-likeness (QED) is 0.705. The number of nitrogens with zero attached hydrogens (tertiary/aromatic N) is 4. The van der Waals surface area contributed by atoms with Crippen molar-refractivity contribution < 1.29 is 14.4 Å². The fourth-order valence-corrected chi connectivity index (χ4v) is 2.76. The Hall–Kier alpha value is -3.49. The molecule has 0 atom stereocenters. The highest BCUT2D eigenvalue weighted by Crippen LogP contribution is 2.14. The molecule has 0 saturated carbocycles. The third-order valence-electron chi connectivity index (χ3n) is 4.32. The molecule has 0 bridgehead atoms. The normalized spacial score (nSPS) is 13.9. The lowest BCUT2D eigenvalue weighted by molar-refractivity contribution is -0.146. The number of carbonyl (C=O) groups excluding carboxylic acids is 3. The van der Waals surface area contributed by atoms with Crippen LogP contribution >= 0.6 is 0 Å². The van der Waals surface area contributed by atoms with Crippen LogP contribution < -0.4 is 16.0 Å². The molecule has 27 heavy (non-hydrogen) atoms. The molecule has 0 radical (unpaired) electrons. The Morgan fingerprint density at radius 3 is 2.33 bits per heavy atom. The predicted octanol–water partition coefficient (Wildman–Crippen LogP) is -0.459. The van der Waals surface area contributed by atoms with Gasteiger partial charge in [0, 0.05) is 51.3 Å². The van der Waals surface area contributed by atoms with E-state index in [1.807, 2.05) is 4.90 Å². The number of nitrogens with two attached hydrogens (primary N) is 1. The number of carbonyl (C=O) groups is 3. The minimum Gasteiger partial charge on any atom is -0.366 e. The first-order chi connectivity index (χ1) is 13.0. The number of amides is 3. The first-order valence-corrected chi connectivity index (χ1v) is 8.51. The molecule has 140 valence electrons. The van der Waals surface area contributed by atoms with E-state index in [0.717, 1.165) is 5.56 Å². The highest BCUT2D eigenvalue weighted by molar-refractivity contribution is 6.35. The summed E-state index contributed by atoms with van der Waals surface area (Å²) in [4.78, 5) is 47.1. The van der Waals surface area contributed by atoms with E-state index in [4.69, 9.17) is 5.73 Å². The van der Waals surface area contributed by atoms with Gasteiger partial charge >= 0.3 is 11.8 Å². The van der Waals surface area contributed by atoms with Crippen LogP contribution in [0.3, 0.4) is 0 Å². The van der Waals surface area contributed by atoms with Crippen molar-refractivity contribution in [3.63, 3.8) is 0 Å². The number of aromatic nitrogens is 2. The van der Waals surface area contributed by atoms with Crippen LogP contribution in [0.4, 0.5) is 5.82 Å². The third-order valence-corrected chi connectivity index (χ3v) is 4.32. The van der Waals surface area contributed by atoms with Crippen LogP contribution in [-0.2, 0) is 16.1 Å². The van der Waals surface area contributed by atoms with Gasteiger partial charge in [0.2, 0.25) is 5.91 Å². The number of anilines is 1. The Labute approximate surface area is 156 Å². The van der Waals surface area contributed by atoms with E-state index < -0.39 is 17.7 Å². The van der Waals surface area contributed by atoms with Gasteiger partial charge in [0.05, 0.1) is 5.56 Å². The van der Waals surface area contributed by atoms with Crippen LogP contribution in [0.2, 0.25) is 0 Å². The van der Waals surface area contributed by atoms with Crippen LogP contribution in [-0.4, -0.2) is 58.8 Å². The van der Waals surface area contributed by atoms with Gasteiger partial charge in [-0.25, -0.2) is 4.98 Å². The highest BCUT2D eigenvalue weighted by atomic mass is 16.2. The molecular weight excluding hydrogens is 348 g/mol. The lowest BCUT2D eigenvalue weighted by Gasteiger charge is -2.35. The Morgan fingerprint density at radius 2 is 1.74 bits per heavy atom. The lowest BCUT2D eigenvalue weighted by Crippen LogP contribution is -2.52. The van der Waals surface area contributed by atoms with Crippen molar-refractivity contribution in [2.75, 3.05) is 31.1 Å². The fourth-order valence-electron chi connectivity index (χ4n) is 2.76. The maximum Gasteiger partial charge on any atom is 0.312 e. The van der Waals surface area contributed by atoms with Gasteiger partial charge in [-0.15, -0.1) is 0 Å². The second-order valence-corrected chi connectivity index (χ2v) is 6.09. The SMILES string of the molecule is NC(=O)c1ccc(N2CCN(C(=O)C(=O)NCc3ccncc3)CC2)nc1. The third kappa shape index (κ3) is 4.57. The highest BCUT2D eigenvalue weighted by Gasteiger charge is 2.26. The van der Waals surface area contributed by atoms with Gasteiger partial charge < -0.3 is 20.9 Å². The van der Waals surface area contributed by atoms with E-state index in [0.29, 0.717) is 37.6 Å². The average molecular weight is 368 g/mol. The first-order valence-electron chi connectivity index (χ1n) is 8.51. The molecule has 0 aliphatic carbocycles. The average Bonchev–Trinajstić information content (AvgIpc) is 2.72. The number of pyridine rings is 2. The molecular formula is C18H20N6O3. The van der Waals surface area contributed by atoms with E-state index in [9.17, 15) is 14.4 Å². The molecule has 3 N–H and O–H groups in total. The molecule has 3 rings (SSSR count). The van der Waals surface area contributed by atoms with Crippen molar-refractivity contribution >= 4 is 23.5 Å². The molecule has 0 unspecified atom stereocenters. The van der Waals surface area contributed by atoms with E-state index >= 15 is 0 Å². The standard InChI is InChI=1S/C18H20N6O3/c19-16(25)14-1-2-15(21-12-14)23-7-9-24(10-8-23)18(27)17(26)22-11-13-3-5-20-6-4-13/h1-6,12H,7-11H2,(H2,19,25)(H,22,26). The minimum absolute atomic E-state index is 0.281. The molecule has 3 amide bonds. The fraction of sp³-hybridized carbons (Fsp3) is 0.278. The predicted molar refractivity (Wildman–Crippen MR) is 97.6 cm³/mol.